The third-order valence-electron chi connectivity index (χ3n) is 3.95. The first kappa shape index (κ1) is 16.3. The first-order chi connectivity index (χ1) is 12.0. The second kappa shape index (κ2) is 6.52. The predicted octanol–water partition coefficient (Wildman–Crippen LogP) is 2.61. The number of carbonyl (C=O) groups is 2. The number of aliphatic carboxylic acids is 2. The number of phenols is 1. The number of carboxylic acid groups (broad SMARTS) is 2. The zero-order chi connectivity index (χ0) is 18.0. The summed E-state index contributed by atoms with van der Waals surface area (Å²) < 4.78 is 0. The molecule has 1 unspecified atom stereocenters. The number of nitrogens with one attached hydrogen (secondary N) is 1. The molecule has 6 nitrogen and oxygen atoms in total. The summed E-state index contributed by atoms with van der Waals surface area (Å²) in [5.74, 6) is -2.15. The highest BCUT2D eigenvalue weighted by Gasteiger charge is 2.32. The number of benzene rings is 2. The van der Waals surface area contributed by atoms with Gasteiger partial charge in [0.25, 0.3) is 0 Å². The Morgan fingerprint density at radius 3 is 2.24 bits per heavy atom. The smallest absolute Gasteiger partial charge is 0.328 e. The molecule has 2 heterocycles. The Bertz CT molecular complexity index is 898. The molecule has 0 aromatic heterocycles. The Labute approximate surface area is 143 Å². The molecular weight excluding hydrogens is 322 g/mol. The quantitative estimate of drug-likeness (QED) is 0.628. The second-order valence-corrected chi connectivity index (χ2v) is 5.51. The Balaban J connectivity index is 0.000000197. The molecule has 4 N–H and O–H groups in total. The summed E-state index contributed by atoms with van der Waals surface area (Å²) in [6.07, 6.45) is 3.15. The summed E-state index contributed by atoms with van der Waals surface area (Å²) in [6.45, 7) is 0. The van der Waals surface area contributed by atoms with E-state index in [9.17, 15) is 14.7 Å². The molecule has 0 aliphatic carbocycles. The topological polar surface area (TPSA) is 107 Å². The van der Waals surface area contributed by atoms with Crippen molar-refractivity contribution in [1.29, 1.82) is 0 Å². The maximum absolute atomic E-state index is 9.93. The van der Waals surface area contributed by atoms with E-state index in [4.69, 9.17) is 10.2 Å². The van der Waals surface area contributed by atoms with Gasteiger partial charge in [0.05, 0.1) is 6.04 Å². The van der Waals surface area contributed by atoms with E-state index in [0.29, 0.717) is 17.9 Å². The highest BCUT2D eigenvalue weighted by molar-refractivity contribution is 5.91. The van der Waals surface area contributed by atoms with Gasteiger partial charge >= 0.3 is 11.9 Å². The van der Waals surface area contributed by atoms with Crippen LogP contribution in [0.25, 0.3) is 11.8 Å². The molecule has 2 aliphatic rings. The normalized spacial score (nSPS) is 16.0. The Morgan fingerprint density at radius 1 is 0.920 bits per heavy atom. The van der Waals surface area contributed by atoms with E-state index in [1.807, 2.05) is 18.2 Å². The van der Waals surface area contributed by atoms with Crippen LogP contribution in [0, 0.1) is 0 Å². The molecule has 0 saturated carbocycles. The van der Waals surface area contributed by atoms with Gasteiger partial charge in [-0.3, -0.25) is 0 Å². The average Bonchev–Trinajstić information content (AvgIpc) is 2.89. The van der Waals surface area contributed by atoms with Gasteiger partial charge in [-0.2, -0.15) is 0 Å². The summed E-state index contributed by atoms with van der Waals surface area (Å²) in [5.41, 5.74) is 5.75. The maximum atomic E-state index is 9.93. The van der Waals surface area contributed by atoms with Gasteiger partial charge in [0, 0.05) is 29.0 Å². The van der Waals surface area contributed by atoms with Gasteiger partial charge in [-0.15, -0.1) is 0 Å². The summed E-state index contributed by atoms with van der Waals surface area (Å²) in [7, 11) is 0. The molecule has 2 aliphatic heterocycles. The molecule has 0 saturated heterocycles. The van der Waals surface area contributed by atoms with Gasteiger partial charge < -0.3 is 20.6 Å². The van der Waals surface area contributed by atoms with Gasteiger partial charge in [0.1, 0.15) is 5.75 Å². The van der Waals surface area contributed by atoms with Crippen molar-refractivity contribution < 1.29 is 24.9 Å². The zero-order valence-electron chi connectivity index (χ0n) is 13.0. The maximum Gasteiger partial charge on any atom is 0.328 e. The van der Waals surface area contributed by atoms with E-state index in [1.54, 1.807) is 6.07 Å². The van der Waals surface area contributed by atoms with Gasteiger partial charge in [-0.1, -0.05) is 36.4 Å². The molecule has 2 aromatic rings. The Morgan fingerprint density at radius 2 is 1.56 bits per heavy atom. The number of carboxylic acids is 2. The minimum absolute atomic E-state index is 0.188. The van der Waals surface area contributed by atoms with Crippen LogP contribution in [0.5, 0.6) is 5.75 Å². The summed E-state index contributed by atoms with van der Waals surface area (Å²) in [6, 6.07) is 14.3. The first-order valence-electron chi connectivity index (χ1n) is 7.50. The monoisotopic (exact) mass is 337 g/mol. The zero-order valence-corrected chi connectivity index (χ0v) is 13.0. The predicted molar refractivity (Wildman–Crippen MR) is 91.8 cm³/mol. The van der Waals surface area contributed by atoms with E-state index in [0.717, 1.165) is 16.8 Å². The van der Waals surface area contributed by atoms with Crippen LogP contribution in [0.15, 0.2) is 54.6 Å². The average molecular weight is 337 g/mol. The van der Waals surface area contributed by atoms with Crippen molar-refractivity contribution >= 4 is 23.7 Å². The third-order valence-corrected chi connectivity index (χ3v) is 3.95. The fraction of sp³-hybridized carbons (Fsp3) is 0.0526. The lowest BCUT2D eigenvalue weighted by atomic mass is 9.95. The van der Waals surface area contributed by atoms with Gasteiger partial charge in [-0.25, -0.2) is 9.59 Å². The van der Waals surface area contributed by atoms with Gasteiger partial charge in [-0.05, 0) is 23.3 Å². The number of hydrogen-bond donors (Lipinski definition) is 4. The van der Waals surface area contributed by atoms with E-state index in [-0.39, 0.29) is 6.04 Å². The van der Waals surface area contributed by atoms with E-state index >= 15 is 0 Å². The second-order valence-electron chi connectivity index (χ2n) is 5.51. The molecule has 4 rings (SSSR count). The lowest BCUT2D eigenvalue weighted by Crippen LogP contribution is -2.17. The van der Waals surface area contributed by atoms with Crippen molar-refractivity contribution in [3.8, 4) is 5.75 Å². The van der Waals surface area contributed by atoms with Crippen LogP contribution in [-0.4, -0.2) is 27.3 Å². The highest BCUT2D eigenvalue weighted by atomic mass is 16.4. The number of aromatic hydroxyl groups is 1. The van der Waals surface area contributed by atoms with Gasteiger partial charge in [0.15, 0.2) is 0 Å². The molecule has 126 valence electrons. The van der Waals surface area contributed by atoms with Crippen LogP contribution in [0.3, 0.4) is 0 Å². The van der Waals surface area contributed by atoms with Crippen LogP contribution in [-0.2, 0) is 9.59 Å². The largest absolute Gasteiger partial charge is 0.507 e. The standard InChI is InChI=1S/C15H11NO.C4H4O4/c17-14-7-3-6-11-12(14)8-13-9-4-1-2-5-10(9)15(11)16-13;5-3(6)1-2-4(7)8/h1-8,15-17H;1-2H,(H,5,6)(H,7,8)/b;2-1-. The molecule has 1 atom stereocenters. The molecule has 0 fully saturated rings. The molecule has 0 radical (unpaired) electrons. The van der Waals surface area contributed by atoms with Crippen molar-refractivity contribution in [2.45, 2.75) is 6.04 Å². The fourth-order valence-electron chi connectivity index (χ4n) is 2.94. The lowest BCUT2D eigenvalue weighted by molar-refractivity contribution is -0.134. The molecule has 2 bridgehead atoms. The number of phenolic OH excluding ortho intramolecular Hbond substituents is 1. The summed E-state index contributed by atoms with van der Waals surface area (Å²) in [4.78, 5) is 19.1. The van der Waals surface area contributed by atoms with Crippen molar-refractivity contribution in [2.75, 3.05) is 0 Å². The van der Waals surface area contributed by atoms with Crippen LogP contribution in [0.2, 0.25) is 0 Å². The van der Waals surface area contributed by atoms with Crippen LogP contribution in [0.4, 0.5) is 0 Å². The molecule has 0 spiro atoms. The van der Waals surface area contributed by atoms with Crippen LogP contribution >= 0.6 is 0 Å². The third kappa shape index (κ3) is 3.23. The van der Waals surface area contributed by atoms with Crippen molar-refractivity contribution in [3.63, 3.8) is 0 Å². The van der Waals surface area contributed by atoms with Crippen LogP contribution < -0.4 is 5.32 Å². The molecule has 25 heavy (non-hydrogen) atoms. The number of fused-ring (bicyclic) bond motifs is 7. The first-order valence-corrected chi connectivity index (χ1v) is 7.50. The van der Waals surface area contributed by atoms with E-state index in [2.05, 4.69) is 29.6 Å². The fourth-order valence-corrected chi connectivity index (χ4v) is 2.94. The minimum atomic E-state index is -1.26. The molecular formula is C19H15NO5. The highest BCUT2D eigenvalue weighted by Crippen LogP contribution is 2.44. The van der Waals surface area contributed by atoms with Gasteiger partial charge in [0.2, 0.25) is 0 Å². The SMILES string of the molecule is O=C(O)/C=C\C(=O)O.Oc1cccc2c1C=C1NC2c2ccccc21. The number of rotatable bonds is 2. The summed E-state index contributed by atoms with van der Waals surface area (Å²) >= 11 is 0. The minimum Gasteiger partial charge on any atom is -0.507 e. The summed E-state index contributed by atoms with van der Waals surface area (Å²) in [5, 5.41) is 29.0. The van der Waals surface area contributed by atoms with E-state index < -0.39 is 11.9 Å². The Hall–Kier alpha value is -3.54. The lowest BCUT2D eigenvalue weighted by Gasteiger charge is -2.20. The van der Waals surface area contributed by atoms with Crippen molar-refractivity contribution in [3.05, 3.63) is 76.9 Å². The Kier molecular flexibility index (Phi) is 4.26. The number of hydrogen-bond acceptors (Lipinski definition) is 4. The molecule has 2 aromatic carbocycles. The van der Waals surface area contributed by atoms with E-state index in [1.165, 1.54) is 11.1 Å². The molecule has 6 heteroatoms. The van der Waals surface area contributed by atoms with Crippen molar-refractivity contribution in [1.82, 2.24) is 5.32 Å². The van der Waals surface area contributed by atoms with Crippen LogP contribution in [0.1, 0.15) is 28.3 Å². The molecule has 0 amide bonds. The van der Waals surface area contributed by atoms with Crippen molar-refractivity contribution in [2.24, 2.45) is 0 Å².